The van der Waals surface area contributed by atoms with Crippen molar-refractivity contribution >= 4 is 43.1 Å². The van der Waals surface area contributed by atoms with Gasteiger partial charge in [0, 0.05) is 0 Å². The highest BCUT2D eigenvalue weighted by molar-refractivity contribution is 6.22. The Kier molecular flexibility index (Phi) is 8.36. The van der Waals surface area contributed by atoms with E-state index in [1.807, 2.05) is 0 Å². The molecule has 0 atom stereocenters. The Hall–Kier alpha value is -5.20. The first kappa shape index (κ1) is 29.5. The zero-order valence-corrected chi connectivity index (χ0v) is 27.0. The Morgan fingerprint density at radius 2 is 0.783 bits per heavy atom. The molecule has 0 saturated carbocycles. The van der Waals surface area contributed by atoms with E-state index in [4.69, 9.17) is 0 Å². The van der Waals surface area contributed by atoms with Crippen LogP contribution in [0.5, 0.6) is 0 Å². The molecular weight excluding hydrogens is 553 g/mol. The van der Waals surface area contributed by atoms with Crippen LogP contribution < -0.4 is 0 Å². The van der Waals surface area contributed by atoms with E-state index in [0.717, 1.165) is 5.92 Å². The predicted molar refractivity (Wildman–Crippen MR) is 203 cm³/mol. The molecule has 0 radical (unpaired) electrons. The number of rotatable bonds is 5. The highest BCUT2D eigenvalue weighted by atomic mass is 14.2. The van der Waals surface area contributed by atoms with Gasteiger partial charge in [-0.1, -0.05) is 173 Å². The maximum absolute atomic E-state index is 2.40. The highest BCUT2D eigenvalue weighted by Crippen LogP contribution is 2.45. The molecule has 0 heterocycles. The van der Waals surface area contributed by atoms with Gasteiger partial charge >= 0.3 is 0 Å². The first-order chi connectivity index (χ1) is 22.6. The van der Waals surface area contributed by atoms with E-state index in [1.165, 1.54) is 89.3 Å². The fourth-order valence-electron chi connectivity index (χ4n) is 6.59. The molecule has 46 heavy (non-hydrogen) atoms. The van der Waals surface area contributed by atoms with E-state index in [0.29, 0.717) is 0 Å². The molecule has 0 bridgehead atoms. The van der Waals surface area contributed by atoms with Crippen LogP contribution in [0.15, 0.2) is 158 Å². The second-order valence-electron chi connectivity index (χ2n) is 12.5. The van der Waals surface area contributed by atoms with Crippen LogP contribution in [0.2, 0.25) is 0 Å². The lowest BCUT2D eigenvalue weighted by molar-refractivity contribution is 0.544. The monoisotopic (exact) mass is 592 g/mol. The third kappa shape index (κ3) is 5.68. The standard InChI is InChI=1S/C40H26.C6H14/c1-2-10-27(11-3-1)32-22-23-37-38(26-32)40(34-21-19-29-13-5-7-15-31(29)25-34)36-17-9-8-16-35(36)39(37)33-20-18-28-12-4-6-14-30(28)24-33;1-4-6(3)5-2/h1-26H;6H,4-5H2,1-3H3. The van der Waals surface area contributed by atoms with Crippen LogP contribution >= 0.6 is 0 Å². The van der Waals surface area contributed by atoms with E-state index in [2.05, 4.69) is 178 Å². The Morgan fingerprint density at radius 3 is 1.30 bits per heavy atom. The van der Waals surface area contributed by atoms with Crippen LogP contribution in [-0.2, 0) is 0 Å². The van der Waals surface area contributed by atoms with Crippen molar-refractivity contribution in [1.29, 1.82) is 0 Å². The van der Waals surface area contributed by atoms with E-state index in [1.54, 1.807) is 0 Å². The largest absolute Gasteiger partial charge is 0.0651 e. The van der Waals surface area contributed by atoms with Gasteiger partial charge < -0.3 is 0 Å². The Bertz CT molecular complexity index is 2290. The summed E-state index contributed by atoms with van der Waals surface area (Å²) in [5.41, 5.74) is 7.54. The first-order valence-electron chi connectivity index (χ1n) is 16.7. The fraction of sp³-hybridized carbons (Fsp3) is 0.130. The first-order valence-corrected chi connectivity index (χ1v) is 16.7. The Labute approximate surface area is 273 Å². The highest BCUT2D eigenvalue weighted by Gasteiger charge is 2.18. The van der Waals surface area contributed by atoms with Crippen molar-refractivity contribution in [1.82, 2.24) is 0 Å². The summed E-state index contributed by atoms with van der Waals surface area (Å²) in [7, 11) is 0. The number of hydrogen-bond acceptors (Lipinski definition) is 0. The van der Waals surface area contributed by atoms with Crippen LogP contribution in [-0.4, -0.2) is 0 Å². The average Bonchev–Trinajstić information content (AvgIpc) is 3.13. The lowest BCUT2D eigenvalue weighted by Gasteiger charge is -2.19. The summed E-state index contributed by atoms with van der Waals surface area (Å²) in [5, 5.41) is 10.2. The van der Waals surface area contributed by atoms with E-state index in [9.17, 15) is 0 Å². The van der Waals surface area contributed by atoms with E-state index in [-0.39, 0.29) is 0 Å². The van der Waals surface area contributed by atoms with Crippen LogP contribution in [0.4, 0.5) is 0 Å². The van der Waals surface area contributed by atoms with Gasteiger partial charge in [-0.3, -0.25) is 0 Å². The van der Waals surface area contributed by atoms with Gasteiger partial charge in [-0.15, -0.1) is 0 Å². The van der Waals surface area contributed by atoms with Gasteiger partial charge in [-0.2, -0.15) is 0 Å². The zero-order chi connectivity index (χ0) is 31.5. The Balaban J connectivity index is 0.000000517. The van der Waals surface area contributed by atoms with Gasteiger partial charge in [-0.25, -0.2) is 0 Å². The van der Waals surface area contributed by atoms with Gasteiger partial charge in [-0.05, 0) is 101 Å². The minimum atomic E-state index is 0.935. The molecule has 224 valence electrons. The second-order valence-corrected chi connectivity index (χ2v) is 12.5. The van der Waals surface area contributed by atoms with Gasteiger partial charge in [0.05, 0.1) is 0 Å². The molecule has 0 aromatic heterocycles. The molecule has 8 rings (SSSR count). The lowest BCUT2D eigenvalue weighted by Crippen LogP contribution is -1.92. The van der Waals surface area contributed by atoms with E-state index < -0.39 is 0 Å². The zero-order valence-electron chi connectivity index (χ0n) is 27.0. The minimum Gasteiger partial charge on any atom is -0.0651 e. The molecule has 0 N–H and O–H groups in total. The van der Waals surface area contributed by atoms with Crippen molar-refractivity contribution in [3.63, 3.8) is 0 Å². The molecule has 0 aliphatic heterocycles. The molecule has 0 heteroatoms. The van der Waals surface area contributed by atoms with Crippen LogP contribution in [0.1, 0.15) is 33.6 Å². The van der Waals surface area contributed by atoms with Gasteiger partial charge in [0.1, 0.15) is 0 Å². The Morgan fingerprint density at radius 1 is 0.348 bits per heavy atom. The summed E-state index contributed by atoms with van der Waals surface area (Å²) < 4.78 is 0. The van der Waals surface area contributed by atoms with Crippen molar-refractivity contribution in [2.45, 2.75) is 33.6 Å². The van der Waals surface area contributed by atoms with Crippen molar-refractivity contribution in [2.24, 2.45) is 5.92 Å². The van der Waals surface area contributed by atoms with Gasteiger partial charge in [0.25, 0.3) is 0 Å². The van der Waals surface area contributed by atoms with E-state index >= 15 is 0 Å². The van der Waals surface area contributed by atoms with Crippen molar-refractivity contribution in [3.8, 4) is 33.4 Å². The molecule has 0 aliphatic rings. The summed E-state index contributed by atoms with van der Waals surface area (Å²) in [4.78, 5) is 0. The van der Waals surface area contributed by atoms with Crippen LogP contribution in [0.3, 0.4) is 0 Å². The quantitative estimate of drug-likeness (QED) is 0.174. The third-order valence-corrected chi connectivity index (χ3v) is 9.60. The van der Waals surface area contributed by atoms with Crippen molar-refractivity contribution in [2.75, 3.05) is 0 Å². The minimum absolute atomic E-state index is 0.935. The molecule has 0 spiro atoms. The summed E-state index contributed by atoms with van der Waals surface area (Å²) in [6.45, 7) is 6.74. The molecule has 0 saturated heterocycles. The topological polar surface area (TPSA) is 0 Å². The number of hydrogen-bond donors (Lipinski definition) is 0. The molecular formula is C46H40. The van der Waals surface area contributed by atoms with Crippen LogP contribution in [0.25, 0.3) is 76.5 Å². The molecule has 0 fully saturated rings. The summed E-state index contributed by atoms with van der Waals surface area (Å²) in [6.07, 6.45) is 2.66. The summed E-state index contributed by atoms with van der Waals surface area (Å²) in [6, 6.07) is 57.6. The molecule has 8 aromatic rings. The van der Waals surface area contributed by atoms with Crippen molar-refractivity contribution < 1.29 is 0 Å². The van der Waals surface area contributed by atoms with Gasteiger partial charge in [0.2, 0.25) is 0 Å². The molecule has 0 amide bonds. The fourth-order valence-corrected chi connectivity index (χ4v) is 6.59. The maximum Gasteiger partial charge on any atom is -0.00259 e. The lowest BCUT2D eigenvalue weighted by atomic mass is 9.84. The summed E-state index contributed by atoms with van der Waals surface area (Å²) >= 11 is 0. The maximum atomic E-state index is 2.40. The third-order valence-electron chi connectivity index (χ3n) is 9.60. The predicted octanol–water partition coefficient (Wildman–Crippen LogP) is 13.7. The molecule has 0 unspecified atom stereocenters. The second kappa shape index (κ2) is 13.0. The van der Waals surface area contributed by atoms with Crippen molar-refractivity contribution in [3.05, 3.63) is 158 Å². The number of fused-ring (bicyclic) bond motifs is 4. The smallest absolute Gasteiger partial charge is 0.00259 e. The van der Waals surface area contributed by atoms with Crippen LogP contribution in [0, 0.1) is 5.92 Å². The normalized spacial score (nSPS) is 11.3. The summed E-state index contributed by atoms with van der Waals surface area (Å²) in [5.74, 6) is 0.935. The van der Waals surface area contributed by atoms with Gasteiger partial charge in [0.15, 0.2) is 0 Å². The number of benzene rings is 8. The molecule has 8 aromatic carbocycles. The molecule has 0 nitrogen and oxygen atoms in total. The molecule has 0 aliphatic carbocycles. The average molecular weight is 593 g/mol. The SMILES string of the molecule is CCC(C)CC.c1ccc(-c2ccc3c(-c4ccc5ccccc5c4)c4ccccc4c(-c4ccc5ccccc5c4)c3c2)cc1.